The number of hydrogen-bond donors (Lipinski definition) is 1. The molecule has 0 aliphatic rings. The van der Waals surface area contributed by atoms with E-state index in [1.165, 1.54) is 15.3 Å². The first kappa shape index (κ1) is 13.5. The first-order valence-electron chi connectivity index (χ1n) is 6.02. The van der Waals surface area contributed by atoms with Crippen LogP contribution in [0.3, 0.4) is 0 Å². The molecule has 100 valence electrons. The minimum Gasteiger partial charge on any atom is -0.375 e. The van der Waals surface area contributed by atoms with Crippen molar-refractivity contribution in [2.75, 3.05) is 5.32 Å². The highest BCUT2D eigenvalue weighted by Crippen LogP contribution is 2.27. The topological polar surface area (TPSA) is 55.2 Å². The molecule has 2 aromatic rings. The summed E-state index contributed by atoms with van der Waals surface area (Å²) in [5, 5.41) is 14.2. The average molecular weight is 276 g/mol. The molecule has 0 unspecified atom stereocenters. The molecule has 19 heavy (non-hydrogen) atoms. The maximum Gasteiger partial charge on any atom is 0.292 e. The molecular weight excluding hydrogens is 260 g/mol. The number of nitrogens with one attached hydrogen (secondary N) is 1. The number of benzene rings is 1. The molecule has 0 bridgehead atoms. The number of thiophene rings is 1. The molecule has 5 heteroatoms. The fraction of sp³-hybridized carbons (Fsp3) is 0.286. The van der Waals surface area contributed by atoms with Crippen molar-refractivity contribution in [2.45, 2.75) is 27.3 Å². The molecule has 0 atom stereocenters. The van der Waals surface area contributed by atoms with Gasteiger partial charge in [0, 0.05) is 22.4 Å². The molecular formula is C14H16N2O2S. The van der Waals surface area contributed by atoms with Crippen LogP contribution in [0.5, 0.6) is 0 Å². The van der Waals surface area contributed by atoms with Crippen LogP contribution >= 0.6 is 11.3 Å². The van der Waals surface area contributed by atoms with E-state index >= 15 is 0 Å². The highest BCUT2D eigenvalue weighted by atomic mass is 32.1. The Morgan fingerprint density at radius 1 is 1.26 bits per heavy atom. The summed E-state index contributed by atoms with van der Waals surface area (Å²) in [6, 6.07) is 7.35. The number of anilines is 1. The van der Waals surface area contributed by atoms with E-state index in [0.29, 0.717) is 12.2 Å². The zero-order chi connectivity index (χ0) is 14.0. The Kier molecular flexibility index (Phi) is 3.85. The third-order valence-corrected chi connectivity index (χ3v) is 4.17. The molecule has 0 fully saturated rings. The first-order valence-corrected chi connectivity index (χ1v) is 6.84. The predicted octanol–water partition coefficient (Wildman–Crippen LogP) is 4.19. The normalized spacial score (nSPS) is 10.5. The van der Waals surface area contributed by atoms with Gasteiger partial charge in [0.15, 0.2) is 0 Å². The monoisotopic (exact) mass is 276 g/mol. The highest BCUT2D eigenvalue weighted by Gasteiger charge is 2.13. The number of nitrogens with zero attached hydrogens (tertiary/aromatic N) is 1. The number of hydrogen-bond acceptors (Lipinski definition) is 4. The molecule has 0 spiro atoms. The molecule has 0 saturated heterocycles. The Morgan fingerprint density at radius 3 is 2.58 bits per heavy atom. The van der Waals surface area contributed by atoms with Crippen LogP contribution in [0.2, 0.25) is 0 Å². The minimum absolute atomic E-state index is 0.130. The van der Waals surface area contributed by atoms with Crippen molar-refractivity contribution in [3.8, 4) is 0 Å². The van der Waals surface area contributed by atoms with E-state index in [0.717, 1.165) is 5.56 Å². The second-order valence-corrected chi connectivity index (χ2v) is 5.92. The average Bonchev–Trinajstić information content (AvgIpc) is 2.67. The van der Waals surface area contributed by atoms with Gasteiger partial charge in [-0.1, -0.05) is 6.07 Å². The molecule has 0 aliphatic heterocycles. The maximum absolute atomic E-state index is 11.0. The van der Waals surface area contributed by atoms with Crippen LogP contribution in [0, 0.1) is 30.9 Å². The predicted molar refractivity (Wildman–Crippen MR) is 79.0 cm³/mol. The molecule has 1 aromatic heterocycles. The van der Waals surface area contributed by atoms with Crippen molar-refractivity contribution in [3.63, 3.8) is 0 Å². The van der Waals surface area contributed by atoms with Gasteiger partial charge in [-0.3, -0.25) is 10.1 Å². The summed E-state index contributed by atoms with van der Waals surface area (Å²) >= 11 is 1.72. The molecule has 1 heterocycles. The zero-order valence-corrected chi connectivity index (χ0v) is 12.0. The van der Waals surface area contributed by atoms with Gasteiger partial charge in [0.25, 0.3) is 5.69 Å². The number of nitro benzene ring substituents is 1. The van der Waals surface area contributed by atoms with Crippen molar-refractivity contribution in [3.05, 3.63) is 55.3 Å². The van der Waals surface area contributed by atoms with E-state index in [2.05, 4.69) is 25.2 Å². The lowest BCUT2D eigenvalue weighted by molar-refractivity contribution is -0.384. The van der Waals surface area contributed by atoms with Gasteiger partial charge in [-0.05, 0) is 44.0 Å². The Balaban J connectivity index is 2.17. The van der Waals surface area contributed by atoms with Crippen LogP contribution in [0.4, 0.5) is 11.4 Å². The van der Waals surface area contributed by atoms with Crippen molar-refractivity contribution < 1.29 is 4.92 Å². The summed E-state index contributed by atoms with van der Waals surface area (Å²) < 4.78 is 0. The minimum atomic E-state index is -0.347. The van der Waals surface area contributed by atoms with Gasteiger partial charge in [-0.2, -0.15) is 0 Å². The van der Waals surface area contributed by atoms with E-state index in [1.54, 1.807) is 23.5 Å². The quantitative estimate of drug-likeness (QED) is 0.672. The fourth-order valence-electron chi connectivity index (χ4n) is 1.86. The molecule has 1 N–H and O–H groups in total. The van der Waals surface area contributed by atoms with Gasteiger partial charge >= 0.3 is 0 Å². The Morgan fingerprint density at radius 2 is 2.00 bits per heavy atom. The fourth-order valence-corrected chi connectivity index (χ4v) is 2.85. The van der Waals surface area contributed by atoms with Crippen LogP contribution in [-0.2, 0) is 6.54 Å². The standard InChI is InChI=1S/C14H16N2O2S/c1-9-4-5-13(14(6-9)16(17)18)15-8-12-7-10(2)11(3)19-12/h4-7,15H,8H2,1-3H3. The lowest BCUT2D eigenvalue weighted by Gasteiger charge is -2.06. The maximum atomic E-state index is 11.0. The molecule has 0 aliphatic carbocycles. The Labute approximate surface area is 116 Å². The van der Waals surface area contributed by atoms with Gasteiger partial charge in [-0.15, -0.1) is 11.3 Å². The third kappa shape index (κ3) is 3.12. The third-order valence-electron chi connectivity index (χ3n) is 3.02. The largest absolute Gasteiger partial charge is 0.375 e. The van der Waals surface area contributed by atoms with Gasteiger partial charge in [-0.25, -0.2) is 0 Å². The zero-order valence-electron chi connectivity index (χ0n) is 11.2. The number of aryl methyl sites for hydroxylation is 3. The molecule has 0 amide bonds. The van der Waals surface area contributed by atoms with Gasteiger partial charge < -0.3 is 5.32 Å². The lowest BCUT2D eigenvalue weighted by atomic mass is 10.2. The first-order chi connectivity index (χ1) is 8.97. The molecule has 0 saturated carbocycles. The summed E-state index contributed by atoms with van der Waals surface area (Å²) in [5.74, 6) is 0. The summed E-state index contributed by atoms with van der Waals surface area (Å²) in [6.45, 7) is 6.62. The van der Waals surface area contributed by atoms with E-state index in [4.69, 9.17) is 0 Å². The number of nitro groups is 1. The second kappa shape index (κ2) is 5.40. The highest BCUT2D eigenvalue weighted by molar-refractivity contribution is 7.12. The molecule has 2 rings (SSSR count). The van der Waals surface area contributed by atoms with Gasteiger partial charge in [0.2, 0.25) is 0 Å². The van der Waals surface area contributed by atoms with Gasteiger partial charge in [0.1, 0.15) is 5.69 Å². The van der Waals surface area contributed by atoms with Gasteiger partial charge in [0.05, 0.1) is 4.92 Å². The van der Waals surface area contributed by atoms with Crippen molar-refractivity contribution in [2.24, 2.45) is 0 Å². The number of rotatable bonds is 4. The van der Waals surface area contributed by atoms with Crippen molar-refractivity contribution in [1.29, 1.82) is 0 Å². The summed E-state index contributed by atoms with van der Waals surface area (Å²) in [4.78, 5) is 13.1. The second-order valence-electron chi connectivity index (χ2n) is 4.58. The van der Waals surface area contributed by atoms with Crippen molar-refractivity contribution >= 4 is 22.7 Å². The SMILES string of the molecule is Cc1ccc(NCc2cc(C)c(C)s2)c([N+](=O)[O-])c1. The Bertz CT molecular complexity index is 600. The van der Waals surface area contributed by atoms with Crippen LogP contribution in [-0.4, -0.2) is 4.92 Å². The lowest BCUT2D eigenvalue weighted by Crippen LogP contribution is -2.01. The summed E-state index contributed by atoms with van der Waals surface area (Å²) in [5.41, 5.74) is 2.85. The van der Waals surface area contributed by atoms with E-state index in [9.17, 15) is 10.1 Å². The van der Waals surface area contributed by atoms with Crippen LogP contribution < -0.4 is 5.32 Å². The van der Waals surface area contributed by atoms with Crippen LogP contribution in [0.15, 0.2) is 24.3 Å². The summed E-state index contributed by atoms with van der Waals surface area (Å²) in [6.07, 6.45) is 0. The molecule has 1 aromatic carbocycles. The van der Waals surface area contributed by atoms with Crippen LogP contribution in [0.1, 0.15) is 20.9 Å². The van der Waals surface area contributed by atoms with Crippen molar-refractivity contribution in [1.82, 2.24) is 0 Å². The molecule has 0 radical (unpaired) electrons. The van der Waals surface area contributed by atoms with E-state index < -0.39 is 0 Å². The smallest absolute Gasteiger partial charge is 0.292 e. The van der Waals surface area contributed by atoms with Crippen LogP contribution in [0.25, 0.3) is 0 Å². The molecule has 4 nitrogen and oxygen atoms in total. The van der Waals surface area contributed by atoms with E-state index in [-0.39, 0.29) is 10.6 Å². The summed E-state index contributed by atoms with van der Waals surface area (Å²) in [7, 11) is 0. The van der Waals surface area contributed by atoms with E-state index in [1.807, 2.05) is 13.0 Å². The Hall–Kier alpha value is -1.88.